The van der Waals surface area contributed by atoms with Crippen LogP contribution in [0.4, 0.5) is 0 Å². The molecule has 0 aliphatic carbocycles. The van der Waals surface area contributed by atoms with Crippen molar-refractivity contribution >= 4 is 27.9 Å². The Morgan fingerprint density at radius 3 is 2.36 bits per heavy atom. The molecule has 1 aliphatic rings. The Morgan fingerprint density at radius 1 is 0.769 bits per heavy atom. The maximum absolute atomic E-state index is 13.7. The van der Waals surface area contributed by atoms with E-state index >= 15 is 0 Å². The van der Waals surface area contributed by atoms with E-state index in [0.717, 1.165) is 0 Å². The van der Waals surface area contributed by atoms with Crippen LogP contribution in [-0.4, -0.2) is 27.3 Å². The molecule has 9 heteroatoms. The van der Waals surface area contributed by atoms with Gasteiger partial charge in [-0.2, -0.15) is 0 Å². The smallest absolute Gasteiger partial charge is 0.312 e. The summed E-state index contributed by atoms with van der Waals surface area (Å²) in [6.45, 7) is 0. The number of ether oxygens (including phenoxy) is 4. The number of fused-ring (bicyclic) bond motifs is 4. The Hall–Kier alpha value is -5.05. The van der Waals surface area contributed by atoms with Crippen molar-refractivity contribution in [2.45, 2.75) is 12.3 Å². The van der Waals surface area contributed by atoms with E-state index in [1.807, 2.05) is 0 Å². The summed E-state index contributed by atoms with van der Waals surface area (Å²) in [7, 11) is 4.54. The Morgan fingerprint density at radius 2 is 1.59 bits per heavy atom. The van der Waals surface area contributed by atoms with E-state index in [2.05, 4.69) is 0 Å². The highest BCUT2D eigenvalue weighted by Crippen LogP contribution is 2.42. The van der Waals surface area contributed by atoms with Crippen LogP contribution >= 0.6 is 0 Å². The third-order valence-corrected chi connectivity index (χ3v) is 6.96. The van der Waals surface area contributed by atoms with E-state index in [1.54, 1.807) is 48.5 Å². The van der Waals surface area contributed by atoms with Crippen molar-refractivity contribution in [3.8, 4) is 34.1 Å². The van der Waals surface area contributed by atoms with Crippen LogP contribution in [0.25, 0.3) is 33.1 Å². The summed E-state index contributed by atoms with van der Waals surface area (Å²) in [5, 5.41) is 0.584. The van der Waals surface area contributed by atoms with E-state index in [0.29, 0.717) is 44.9 Å². The zero-order chi connectivity index (χ0) is 27.3. The molecule has 1 unspecified atom stereocenters. The first kappa shape index (κ1) is 24.3. The van der Waals surface area contributed by atoms with Crippen LogP contribution in [0.5, 0.6) is 23.0 Å². The van der Waals surface area contributed by atoms with Crippen LogP contribution in [0.3, 0.4) is 0 Å². The minimum absolute atomic E-state index is 0.131. The lowest BCUT2D eigenvalue weighted by molar-refractivity contribution is -0.135. The first-order valence-electron chi connectivity index (χ1n) is 12.0. The van der Waals surface area contributed by atoms with E-state index in [-0.39, 0.29) is 39.6 Å². The number of rotatable bonds is 5. The second-order valence-corrected chi connectivity index (χ2v) is 9.02. The molecule has 1 aliphatic heterocycles. The summed E-state index contributed by atoms with van der Waals surface area (Å²) in [5.41, 5.74) is 1.56. The zero-order valence-electron chi connectivity index (χ0n) is 21.2. The van der Waals surface area contributed by atoms with Crippen molar-refractivity contribution in [1.29, 1.82) is 0 Å². The molecule has 3 aromatic carbocycles. The third-order valence-electron chi connectivity index (χ3n) is 6.96. The molecule has 9 nitrogen and oxygen atoms in total. The van der Waals surface area contributed by atoms with Crippen molar-refractivity contribution in [3.05, 3.63) is 92.6 Å². The molecule has 39 heavy (non-hydrogen) atoms. The average molecular weight is 526 g/mol. The summed E-state index contributed by atoms with van der Waals surface area (Å²) in [6.07, 6.45) is 2.57. The van der Waals surface area contributed by atoms with Gasteiger partial charge in [-0.3, -0.25) is 14.4 Å². The predicted octanol–water partition coefficient (Wildman–Crippen LogP) is 5.03. The van der Waals surface area contributed by atoms with Gasteiger partial charge in [-0.15, -0.1) is 0 Å². The van der Waals surface area contributed by atoms with Crippen LogP contribution in [0.15, 0.2) is 79.5 Å². The topological polar surface area (TPSA) is 114 Å². The number of carbonyl (C=O) groups excluding carboxylic acids is 1. The molecule has 0 radical (unpaired) electrons. The minimum Gasteiger partial charge on any atom is -0.497 e. The summed E-state index contributed by atoms with van der Waals surface area (Å²) in [5.74, 6) is 0.433. The quantitative estimate of drug-likeness (QED) is 0.230. The molecule has 5 aromatic rings. The van der Waals surface area contributed by atoms with Crippen molar-refractivity contribution in [1.82, 2.24) is 0 Å². The highest BCUT2D eigenvalue weighted by atomic mass is 16.5. The molecule has 0 saturated heterocycles. The second kappa shape index (κ2) is 9.36. The lowest BCUT2D eigenvalue weighted by Crippen LogP contribution is -2.25. The van der Waals surface area contributed by atoms with Crippen molar-refractivity contribution < 1.29 is 32.6 Å². The average Bonchev–Trinajstić information content (AvgIpc) is 2.96. The largest absolute Gasteiger partial charge is 0.497 e. The highest BCUT2D eigenvalue weighted by Gasteiger charge is 2.34. The molecule has 0 amide bonds. The normalized spacial score (nSPS) is 14.6. The van der Waals surface area contributed by atoms with Gasteiger partial charge in [-0.1, -0.05) is 6.07 Å². The van der Waals surface area contributed by atoms with Gasteiger partial charge in [0.15, 0.2) is 16.9 Å². The number of esters is 1. The molecule has 3 heterocycles. The van der Waals surface area contributed by atoms with Gasteiger partial charge in [-0.25, -0.2) is 0 Å². The van der Waals surface area contributed by atoms with E-state index < -0.39 is 11.9 Å². The molecular weight excluding hydrogens is 504 g/mol. The van der Waals surface area contributed by atoms with E-state index in [1.165, 1.54) is 33.9 Å². The summed E-state index contributed by atoms with van der Waals surface area (Å²) in [6, 6.07) is 13.1. The van der Waals surface area contributed by atoms with Gasteiger partial charge < -0.3 is 27.8 Å². The number of hydrogen-bond acceptors (Lipinski definition) is 9. The lowest BCUT2D eigenvalue weighted by Gasteiger charge is -2.25. The summed E-state index contributed by atoms with van der Waals surface area (Å²) < 4.78 is 33.2. The first-order chi connectivity index (χ1) is 18.9. The molecule has 196 valence electrons. The molecule has 6 rings (SSSR count). The van der Waals surface area contributed by atoms with Gasteiger partial charge in [0.2, 0.25) is 5.43 Å². The van der Waals surface area contributed by atoms with Crippen molar-refractivity contribution in [2.75, 3.05) is 21.3 Å². The number of hydrogen-bond donors (Lipinski definition) is 0. The maximum atomic E-state index is 13.7. The molecule has 0 saturated carbocycles. The van der Waals surface area contributed by atoms with Crippen LogP contribution in [0.1, 0.15) is 23.5 Å². The molecule has 0 bridgehead atoms. The van der Waals surface area contributed by atoms with Crippen LogP contribution < -0.4 is 29.8 Å². The van der Waals surface area contributed by atoms with Crippen LogP contribution in [0, 0.1) is 0 Å². The summed E-state index contributed by atoms with van der Waals surface area (Å²) >= 11 is 0. The van der Waals surface area contributed by atoms with E-state index in [9.17, 15) is 14.4 Å². The Balaban J connectivity index is 1.55. The number of methoxy groups -OCH3 is 3. The van der Waals surface area contributed by atoms with Crippen LogP contribution in [0.2, 0.25) is 0 Å². The highest BCUT2D eigenvalue weighted by molar-refractivity contribution is 5.90. The zero-order valence-corrected chi connectivity index (χ0v) is 21.2. The molecule has 0 spiro atoms. The standard InChI is InChI=1S/C30H22O9/c1-34-16-5-8-22-19(11-16)29(33)21(14-37-22)18-12-26(31)39-24-9-6-17-28(32)20(13-38-30(17)27(18)24)15-4-7-23(35-2)25(10-15)36-3/h4-11,13-14,18H,12H2,1-3H3. The predicted molar refractivity (Wildman–Crippen MR) is 142 cm³/mol. The van der Waals surface area contributed by atoms with Gasteiger partial charge >= 0.3 is 5.97 Å². The van der Waals surface area contributed by atoms with Crippen molar-refractivity contribution in [2.24, 2.45) is 0 Å². The lowest BCUT2D eigenvalue weighted by atomic mass is 9.85. The number of benzene rings is 3. The Labute approximate surface area is 221 Å². The second-order valence-electron chi connectivity index (χ2n) is 9.02. The summed E-state index contributed by atoms with van der Waals surface area (Å²) in [4.78, 5) is 39.8. The van der Waals surface area contributed by atoms with E-state index in [4.69, 9.17) is 27.8 Å². The minimum atomic E-state index is -0.758. The van der Waals surface area contributed by atoms with Gasteiger partial charge in [0.05, 0.1) is 50.3 Å². The van der Waals surface area contributed by atoms with Gasteiger partial charge in [0.1, 0.15) is 28.9 Å². The molecule has 0 fully saturated rings. The molecule has 1 atom stereocenters. The third kappa shape index (κ3) is 3.90. The first-order valence-corrected chi connectivity index (χ1v) is 12.0. The van der Waals surface area contributed by atoms with Crippen molar-refractivity contribution in [3.63, 3.8) is 0 Å². The monoisotopic (exact) mass is 526 g/mol. The molecule has 2 aromatic heterocycles. The fourth-order valence-corrected chi connectivity index (χ4v) is 5.02. The maximum Gasteiger partial charge on any atom is 0.312 e. The van der Waals surface area contributed by atoms with Gasteiger partial charge in [-0.05, 0) is 48.0 Å². The number of carbonyl (C=O) groups is 1. The fourth-order valence-electron chi connectivity index (χ4n) is 5.02. The Bertz CT molecular complexity index is 1900. The van der Waals surface area contributed by atoms with Gasteiger partial charge in [0, 0.05) is 17.0 Å². The van der Waals surface area contributed by atoms with Crippen LogP contribution in [-0.2, 0) is 4.79 Å². The Kier molecular flexibility index (Phi) is 5.83. The molecule has 0 N–H and O–H groups in total. The van der Waals surface area contributed by atoms with Gasteiger partial charge in [0.25, 0.3) is 0 Å². The SMILES string of the molecule is COc1ccc2occ(C3CC(=O)Oc4ccc5c(=O)c(-c6ccc(OC)c(OC)c6)coc5c43)c(=O)c2c1. The molecular formula is C30H22O9. The fraction of sp³-hybridized carbons (Fsp3) is 0.167.